The first-order chi connectivity index (χ1) is 14.2. The number of carbonyl (C=O) groups excluding carboxylic acids is 1. The van der Waals surface area contributed by atoms with Crippen LogP contribution in [0.2, 0.25) is 0 Å². The van der Waals surface area contributed by atoms with Gasteiger partial charge >= 0.3 is 0 Å². The third kappa shape index (κ3) is 4.29. The molecule has 1 amide bonds. The number of pyridine rings is 1. The Morgan fingerprint density at radius 2 is 1.79 bits per heavy atom. The van der Waals surface area contributed by atoms with Gasteiger partial charge in [0.05, 0.1) is 23.4 Å². The van der Waals surface area contributed by atoms with E-state index in [-0.39, 0.29) is 5.91 Å². The van der Waals surface area contributed by atoms with Crippen LogP contribution in [0.15, 0.2) is 79.1 Å². The van der Waals surface area contributed by atoms with Crippen LogP contribution in [0, 0.1) is 0 Å². The second kappa shape index (κ2) is 8.61. The number of rotatable bonds is 7. The Morgan fingerprint density at radius 3 is 2.55 bits per heavy atom. The van der Waals surface area contributed by atoms with Gasteiger partial charge in [-0.3, -0.25) is 4.79 Å². The van der Waals surface area contributed by atoms with Crippen molar-refractivity contribution in [2.45, 2.75) is 13.5 Å². The number of hydrogen-bond acceptors (Lipinski definition) is 3. The van der Waals surface area contributed by atoms with E-state index in [1.54, 1.807) is 0 Å². The zero-order valence-electron chi connectivity index (χ0n) is 16.3. The summed E-state index contributed by atoms with van der Waals surface area (Å²) in [6, 6.07) is 21.3. The lowest BCUT2D eigenvalue weighted by Crippen LogP contribution is -2.27. The van der Waals surface area contributed by atoms with Crippen LogP contribution in [-0.2, 0) is 6.54 Å². The maximum Gasteiger partial charge on any atom is 0.252 e. The summed E-state index contributed by atoms with van der Waals surface area (Å²) in [6.07, 6.45) is 3.97. The van der Waals surface area contributed by atoms with Crippen molar-refractivity contribution in [1.29, 1.82) is 0 Å². The Bertz CT molecular complexity index is 1100. The van der Waals surface area contributed by atoms with Gasteiger partial charge in [0.15, 0.2) is 0 Å². The van der Waals surface area contributed by atoms with Gasteiger partial charge in [-0.25, -0.2) is 4.98 Å². The molecule has 0 radical (unpaired) electrons. The minimum Gasteiger partial charge on any atom is -0.494 e. The smallest absolute Gasteiger partial charge is 0.252 e. The number of carbonyl (C=O) groups is 1. The van der Waals surface area contributed by atoms with Crippen LogP contribution in [0.4, 0.5) is 0 Å². The molecule has 0 atom stereocenters. The molecular weight excluding hydrogens is 362 g/mol. The first kappa shape index (κ1) is 18.7. The number of nitrogens with zero attached hydrogens (tertiary/aromatic N) is 2. The Kier molecular flexibility index (Phi) is 5.56. The lowest BCUT2D eigenvalue weighted by atomic mass is 10.0. The van der Waals surface area contributed by atoms with Crippen LogP contribution in [0.1, 0.15) is 17.3 Å². The van der Waals surface area contributed by atoms with Gasteiger partial charge in [-0.05, 0) is 55.5 Å². The van der Waals surface area contributed by atoms with Gasteiger partial charge in [0.25, 0.3) is 5.91 Å². The minimum atomic E-state index is -0.0945. The molecule has 0 fully saturated rings. The van der Waals surface area contributed by atoms with Crippen molar-refractivity contribution < 1.29 is 9.53 Å². The van der Waals surface area contributed by atoms with Crippen molar-refractivity contribution in [3.8, 4) is 17.0 Å². The Morgan fingerprint density at radius 1 is 1.03 bits per heavy atom. The van der Waals surface area contributed by atoms with Crippen molar-refractivity contribution in [2.75, 3.05) is 13.2 Å². The van der Waals surface area contributed by atoms with E-state index >= 15 is 0 Å². The number of aromatic nitrogens is 2. The second-order valence-electron chi connectivity index (χ2n) is 6.71. The molecule has 5 heteroatoms. The van der Waals surface area contributed by atoms with Crippen LogP contribution >= 0.6 is 0 Å². The molecule has 2 aromatic carbocycles. The van der Waals surface area contributed by atoms with E-state index in [4.69, 9.17) is 9.72 Å². The Labute approximate surface area is 170 Å². The first-order valence-electron chi connectivity index (χ1n) is 9.76. The number of ether oxygens (including phenoxy) is 1. The highest BCUT2D eigenvalue weighted by molar-refractivity contribution is 6.07. The molecule has 29 heavy (non-hydrogen) atoms. The van der Waals surface area contributed by atoms with Gasteiger partial charge in [0, 0.05) is 36.4 Å². The molecule has 5 nitrogen and oxygen atoms in total. The van der Waals surface area contributed by atoms with Gasteiger partial charge < -0.3 is 14.6 Å². The van der Waals surface area contributed by atoms with Crippen molar-refractivity contribution >= 4 is 16.8 Å². The molecule has 0 saturated heterocycles. The van der Waals surface area contributed by atoms with Crippen molar-refractivity contribution in [3.05, 3.63) is 84.7 Å². The van der Waals surface area contributed by atoms with Gasteiger partial charge in [0.1, 0.15) is 5.75 Å². The fraction of sp³-hybridized carbons (Fsp3) is 0.167. The summed E-state index contributed by atoms with van der Waals surface area (Å²) in [5.41, 5.74) is 3.14. The summed E-state index contributed by atoms with van der Waals surface area (Å²) in [5.74, 6) is 0.725. The Hall–Kier alpha value is -3.60. The van der Waals surface area contributed by atoms with Crippen molar-refractivity contribution in [2.24, 2.45) is 0 Å². The van der Waals surface area contributed by atoms with Crippen LogP contribution < -0.4 is 10.1 Å². The number of amides is 1. The molecule has 1 N–H and O–H groups in total. The van der Waals surface area contributed by atoms with Gasteiger partial charge in [-0.15, -0.1) is 0 Å². The van der Waals surface area contributed by atoms with Crippen LogP contribution in [0.3, 0.4) is 0 Å². The molecule has 0 aliphatic heterocycles. The summed E-state index contributed by atoms with van der Waals surface area (Å²) < 4.78 is 7.56. The third-order valence-corrected chi connectivity index (χ3v) is 4.74. The number of hydrogen-bond donors (Lipinski definition) is 1. The van der Waals surface area contributed by atoms with Crippen molar-refractivity contribution in [3.63, 3.8) is 0 Å². The molecule has 0 saturated carbocycles. The summed E-state index contributed by atoms with van der Waals surface area (Å²) in [5, 5.41) is 3.87. The second-order valence-corrected chi connectivity index (χ2v) is 6.71. The highest BCUT2D eigenvalue weighted by Crippen LogP contribution is 2.26. The molecule has 2 heterocycles. The molecule has 4 aromatic rings. The van der Waals surface area contributed by atoms with E-state index in [0.717, 1.165) is 34.5 Å². The SMILES string of the molecule is CCOc1ccc(-c2cc(C(=O)NCCn3cccc3)c3ccccc3n2)cc1. The predicted octanol–water partition coefficient (Wildman–Crippen LogP) is 4.53. The minimum absolute atomic E-state index is 0.0945. The van der Waals surface area contributed by atoms with Gasteiger partial charge in [-0.2, -0.15) is 0 Å². The monoisotopic (exact) mass is 385 g/mol. The predicted molar refractivity (Wildman–Crippen MR) is 115 cm³/mol. The van der Waals surface area contributed by atoms with Gasteiger partial charge in [-0.1, -0.05) is 18.2 Å². The topological polar surface area (TPSA) is 56.1 Å². The molecule has 146 valence electrons. The summed E-state index contributed by atoms with van der Waals surface area (Å²) in [6.45, 7) is 3.87. The lowest BCUT2D eigenvalue weighted by Gasteiger charge is -2.11. The number of benzene rings is 2. The normalized spacial score (nSPS) is 10.8. The number of fused-ring (bicyclic) bond motifs is 1. The zero-order chi connectivity index (χ0) is 20.1. The van der Waals surface area contributed by atoms with E-state index < -0.39 is 0 Å². The van der Waals surface area contributed by atoms with E-state index in [0.29, 0.717) is 18.7 Å². The fourth-order valence-corrected chi connectivity index (χ4v) is 3.31. The number of para-hydroxylation sites is 1. The van der Waals surface area contributed by atoms with E-state index in [9.17, 15) is 4.79 Å². The third-order valence-electron chi connectivity index (χ3n) is 4.74. The van der Waals surface area contributed by atoms with E-state index in [1.165, 1.54) is 0 Å². The molecule has 4 rings (SSSR count). The summed E-state index contributed by atoms with van der Waals surface area (Å²) in [7, 11) is 0. The van der Waals surface area contributed by atoms with E-state index in [2.05, 4.69) is 5.32 Å². The first-order valence-corrected chi connectivity index (χ1v) is 9.76. The average molecular weight is 385 g/mol. The van der Waals surface area contributed by atoms with E-state index in [1.807, 2.05) is 90.6 Å². The maximum atomic E-state index is 12.9. The highest BCUT2D eigenvalue weighted by atomic mass is 16.5. The van der Waals surface area contributed by atoms with Crippen LogP contribution in [0.25, 0.3) is 22.2 Å². The largest absolute Gasteiger partial charge is 0.494 e. The molecule has 2 aromatic heterocycles. The van der Waals surface area contributed by atoms with Crippen LogP contribution in [0.5, 0.6) is 5.75 Å². The van der Waals surface area contributed by atoms with Crippen LogP contribution in [-0.4, -0.2) is 28.6 Å². The zero-order valence-corrected chi connectivity index (χ0v) is 16.3. The summed E-state index contributed by atoms with van der Waals surface area (Å²) >= 11 is 0. The molecule has 0 aliphatic carbocycles. The molecule has 0 bridgehead atoms. The fourth-order valence-electron chi connectivity index (χ4n) is 3.31. The van der Waals surface area contributed by atoms with Crippen molar-refractivity contribution in [1.82, 2.24) is 14.9 Å². The lowest BCUT2D eigenvalue weighted by molar-refractivity contribution is 0.0954. The quantitative estimate of drug-likeness (QED) is 0.508. The molecular formula is C24H23N3O2. The summed E-state index contributed by atoms with van der Waals surface area (Å²) in [4.78, 5) is 17.7. The standard InChI is InChI=1S/C24H23N3O2/c1-2-29-19-11-9-18(10-12-19)23-17-21(20-7-3-4-8-22(20)26-23)24(28)25-13-16-27-14-5-6-15-27/h3-12,14-15,17H,2,13,16H2,1H3,(H,25,28). The highest BCUT2D eigenvalue weighted by Gasteiger charge is 2.13. The maximum absolute atomic E-state index is 12.9. The average Bonchev–Trinajstić information content (AvgIpc) is 3.27. The number of nitrogens with one attached hydrogen (secondary N) is 1. The molecule has 0 aliphatic rings. The molecule has 0 unspecified atom stereocenters. The van der Waals surface area contributed by atoms with Gasteiger partial charge in [0.2, 0.25) is 0 Å². The molecule has 0 spiro atoms. The Balaban J connectivity index is 1.62.